The fourth-order valence-corrected chi connectivity index (χ4v) is 2.69. The van der Waals surface area contributed by atoms with Gasteiger partial charge in [-0.2, -0.15) is 5.10 Å². The Kier molecular flexibility index (Phi) is 4.68. The molecular weight excluding hydrogens is 294 g/mol. The van der Waals surface area contributed by atoms with Gasteiger partial charge in [-0.1, -0.05) is 6.07 Å². The Bertz CT molecular complexity index is 670. The lowest BCUT2D eigenvalue weighted by Crippen LogP contribution is -2.30. The van der Waals surface area contributed by atoms with Crippen LogP contribution in [0.15, 0.2) is 30.5 Å². The molecule has 3 heterocycles. The molecule has 1 fully saturated rings. The number of aromatic nitrogens is 3. The molecule has 122 valence electrons. The number of aryl methyl sites for hydroxylation is 1. The molecule has 1 amide bonds. The van der Waals surface area contributed by atoms with Crippen LogP contribution in [0.25, 0.3) is 0 Å². The number of hydrogen-bond acceptors (Lipinski definition) is 5. The largest absolute Gasteiger partial charge is 0.364 e. The second kappa shape index (κ2) is 6.89. The molecule has 0 aromatic carbocycles. The van der Waals surface area contributed by atoms with Crippen molar-refractivity contribution in [3.8, 4) is 0 Å². The van der Waals surface area contributed by atoms with Crippen LogP contribution in [0.1, 0.15) is 24.2 Å². The highest BCUT2D eigenvalue weighted by atomic mass is 16.5. The summed E-state index contributed by atoms with van der Waals surface area (Å²) < 4.78 is 7.37. The zero-order valence-electron chi connectivity index (χ0n) is 13.1. The number of nitrogens with two attached hydrogens (primary N) is 1. The van der Waals surface area contributed by atoms with Gasteiger partial charge in [0.15, 0.2) is 0 Å². The fourth-order valence-electron chi connectivity index (χ4n) is 2.69. The highest BCUT2D eigenvalue weighted by Gasteiger charge is 2.30. The van der Waals surface area contributed by atoms with Gasteiger partial charge in [-0.05, 0) is 31.9 Å². The van der Waals surface area contributed by atoms with E-state index in [9.17, 15) is 4.79 Å². The lowest BCUT2D eigenvalue weighted by atomic mass is 10.2. The van der Waals surface area contributed by atoms with Gasteiger partial charge in [0.05, 0.1) is 24.0 Å². The van der Waals surface area contributed by atoms with Crippen molar-refractivity contribution in [2.24, 2.45) is 5.73 Å². The summed E-state index contributed by atoms with van der Waals surface area (Å²) in [5.74, 6) is 0.501. The summed E-state index contributed by atoms with van der Waals surface area (Å²) in [6, 6.07) is 7.56. The summed E-state index contributed by atoms with van der Waals surface area (Å²) in [7, 11) is 0. The predicted octanol–water partition coefficient (Wildman–Crippen LogP) is 1.08. The van der Waals surface area contributed by atoms with E-state index in [1.807, 2.05) is 31.2 Å². The van der Waals surface area contributed by atoms with E-state index in [-0.39, 0.29) is 12.0 Å². The number of carbonyl (C=O) groups is 1. The van der Waals surface area contributed by atoms with Gasteiger partial charge in [0.25, 0.3) is 5.91 Å². The van der Waals surface area contributed by atoms with Gasteiger partial charge in [0.2, 0.25) is 0 Å². The van der Waals surface area contributed by atoms with Crippen LogP contribution < -0.4 is 11.1 Å². The summed E-state index contributed by atoms with van der Waals surface area (Å²) >= 11 is 0. The first-order valence-electron chi connectivity index (χ1n) is 7.76. The van der Waals surface area contributed by atoms with E-state index in [0.29, 0.717) is 25.3 Å². The van der Waals surface area contributed by atoms with E-state index < -0.39 is 6.10 Å². The highest BCUT2D eigenvalue weighted by molar-refractivity contribution is 5.93. The molecule has 0 unspecified atom stereocenters. The molecular formula is C16H21N5O2. The van der Waals surface area contributed by atoms with Crippen LogP contribution in [-0.2, 0) is 16.1 Å². The quantitative estimate of drug-likeness (QED) is 0.861. The van der Waals surface area contributed by atoms with Gasteiger partial charge in [-0.25, -0.2) is 4.68 Å². The smallest absolute Gasteiger partial charge is 0.254 e. The van der Waals surface area contributed by atoms with Gasteiger partial charge in [-0.15, -0.1) is 0 Å². The summed E-state index contributed by atoms with van der Waals surface area (Å²) in [6.45, 7) is 2.84. The molecule has 0 saturated carbocycles. The van der Waals surface area contributed by atoms with Crippen LogP contribution in [0.5, 0.6) is 0 Å². The van der Waals surface area contributed by atoms with Crippen LogP contribution >= 0.6 is 0 Å². The maximum Gasteiger partial charge on any atom is 0.254 e. The maximum atomic E-state index is 12.4. The third-order valence-electron chi connectivity index (χ3n) is 3.85. The third-order valence-corrected chi connectivity index (χ3v) is 3.85. The minimum atomic E-state index is -0.443. The first kappa shape index (κ1) is 15.6. The van der Waals surface area contributed by atoms with Gasteiger partial charge < -0.3 is 15.8 Å². The minimum absolute atomic E-state index is 0.0223. The summed E-state index contributed by atoms with van der Waals surface area (Å²) in [4.78, 5) is 16.6. The van der Waals surface area contributed by atoms with Crippen molar-refractivity contribution in [3.63, 3.8) is 0 Å². The standard InChI is InChI=1S/C16H21N5O2/c1-11-8-15(19-16(22)14-6-5-13(9-17)23-14)21(20-11)10-12-4-2-3-7-18-12/h2-4,7-8,13-14H,5-6,9-10,17H2,1H3,(H,19,22)/t13-,14+/m1/s1. The van der Waals surface area contributed by atoms with Crippen LogP contribution in [0, 0.1) is 6.92 Å². The van der Waals surface area contributed by atoms with Crippen molar-refractivity contribution in [3.05, 3.63) is 41.9 Å². The van der Waals surface area contributed by atoms with Crippen molar-refractivity contribution in [2.45, 2.75) is 38.5 Å². The Morgan fingerprint density at radius 2 is 2.35 bits per heavy atom. The Hall–Kier alpha value is -2.25. The van der Waals surface area contributed by atoms with Crippen molar-refractivity contribution in [1.82, 2.24) is 14.8 Å². The Morgan fingerprint density at radius 1 is 1.48 bits per heavy atom. The summed E-state index contributed by atoms with van der Waals surface area (Å²) in [5.41, 5.74) is 7.30. The van der Waals surface area contributed by atoms with E-state index >= 15 is 0 Å². The van der Waals surface area contributed by atoms with Crippen molar-refractivity contribution in [1.29, 1.82) is 0 Å². The van der Waals surface area contributed by atoms with E-state index in [1.165, 1.54) is 0 Å². The molecule has 2 aromatic heterocycles. The van der Waals surface area contributed by atoms with Crippen molar-refractivity contribution < 1.29 is 9.53 Å². The second-order valence-corrected chi connectivity index (χ2v) is 5.70. The molecule has 2 atom stereocenters. The average molecular weight is 315 g/mol. The van der Waals surface area contributed by atoms with Gasteiger partial charge >= 0.3 is 0 Å². The normalized spacial score (nSPS) is 20.6. The number of nitrogens with one attached hydrogen (secondary N) is 1. The second-order valence-electron chi connectivity index (χ2n) is 5.70. The minimum Gasteiger partial charge on any atom is -0.364 e. The number of rotatable bonds is 5. The molecule has 7 heteroatoms. The number of carbonyl (C=O) groups excluding carboxylic acids is 1. The lowest BCUT2D eigenvalue weighted by Gasteiger charge is -2.13. The molecule has 0 radical (unpaired) electrons. The van der Waals surface area contributed by atoms with E-state index in [2.05, 4.69) is 15.4 Å². The molecule has 3 N–H and O–H groups in total. The molecule has 0 bridgehead atoms. The van der Waals surface area contributed by atoms with Gasteiger partial charge in [0.1, 0.15) is 11.9 Å². The van der Waals surface area contributed by atoms with E-state index in [1.54, 1.807) is 10.9 Å². The van der Waals surface area contributed by atoms with E-state index in [4.69, 9.17) is 10.5 Å². The molecule has 7 nitrogen and oxygen atoms in total. The Balaban J connectivity index is 1.69. The Labute approximate surface area is 134 Å². The number of amides is 1. The zero-order chi connectivity index (χ0) is 16.2. The van der Waals surface area contributed by atoms with Crippen molar-refractivity contribution >= 4 is 11.7 Å². The highest BCUT2D eigenvalue weighted by Crippen LogP contribution is 2.21. The molecule has 3 rings (SSSR count). The molecule has 1 aliphatic heterocycles. The number of hydrogen-bond donors (Lipinski definition) is 2. The topological polar surface area (TPSA) is 95.1 Å². The van der Waals surface area contributed by atoms with Crippen molar-refractivity contribution in [2.75, 3.05) is 11.9 Å². The monoisotopic (exact) mass is 315 g/mol. The first-order valence-corrected chi connectivity index (χ1v) is 7.76. The fraction of sp³-hybridized carbons (Fsp3) is 0.438. The van der Waals surface area contributed by atoms with Gasteiger partial charge in [-0.3, -0.25) is 9.78 Å². The Morgan fingerprint density at radius 3 is 3.04 bits per heavy atom. The third kappa shape index (κ3) is 3.75. The molecule has 23 heavy (non-hydrogen) atoms. The van der Waals surface area contributed by atoms with Crippen LogP contribution in [0.4, 0.5) is 5.82 Å². The van der Waals surface area contributed by atoms with E-state index in [0.717, 1.165) is 17.8 Å². The maximum absolute atomic E-state index is 12.4. The molecule has 1 saturated heterocycles. The zero-order valence-corrected chi connectivity index (χ0v) is 13.1. The number of nitrogens with zero attached hydrogens (tertiary/aromatic N) is 3. The SMILES string of the molecule is Cc1cc(NC(=O)[C@@H]2CC[C@H](CN)O2)n(Cc2ccccn2)n1. The number of pyridine rings is 1. The lowest BCUT2D eigenvalue weighted by molar-refractivity contribution is -0.126. The average Bonchev–Trinajstić information content (AvgIpc) is 3.15. The predicted molar refractivity (Wildman–Crippen MR) is 85.9 cm³/mol. The molecule has 0 spiro atoms. The molecule has 0 aliphatic carbocycles. The number of anilines is 1. The summed E-state index contributed by atoms with van der Waals surface area (Å²) in [6.07, 6.45) is 2.79. The van der Waals surface area contributed by atoms with Crippen LogP contribution in [-0.4, -0.2) is 39.4 Å². The molecule has 1 aliphatic rings. The van der Waals surface area contributed by atoms with Gasteiger partial charge in [0, 0.05) is 18.8 Å². The molecule has 2 aromatic rings. The van der Waals surface area contributed by atoms with Crippen LogP contribution in [0.3, 0.4) is 0 Å². The number of ether oxygens (including phenoxy) is 1. The van der Waals surface area contributed by atoms with Crippen LogP contribution in [0.2, 0.25) is 0 Å². The first-order chi connectivity index (χ1) is 11.2. The summed E-state index contributed by atoms with van der Waals surface area (Å²) in [5, 5.41) is 7.32.